The number of phenols is 1. The minimum absolute atomic E-state index is 0.0850. The van der Waals surface area contributed by atoms with Crippen molar-refractivity contribution in [3.63, 3.8) is 0 Å². The molecule has 5 heteroatoms. The summed E-state index contributed by atoms with van der Waals surface area (Å²) in [5, 5.41) is 26.9. The molecule has 17 heavy (non-hydrogen) atoms. The number of aliphatic hydroxyl groups is 1. The molecule has 3 N–H and O–H groups in total. The number of rotatable bonds is 2. The average Bonchev–Trinajstić information content (AvgIpc) is 2.89. The molecule has 0 spiro atoms. The normalized spacial score (nSPS) is 13.9. The molecule has 88 valence electrons. The molecule has 1 aromatic carbocycles. The molecule has 1 aromatic heterocycles. The van der Waals surface area contributed by atoms with Crippen LogP contribution in [-0.4, -0.2) is 20.0 Å². The summed E-state index contributed by atoms with van der Waals surface area (Å²) in [6.45, 7) is 1.35. The van der Waals surface area contributed by atoms with Gasteiger partial charge in [-0.25, -0.2) is 4.68 Å². The lowest BCUT2D eigenvalue weighted by Crippen LogP contribution is -2.09. The van der Waals surface area contributed by atoms with Gasteiger partial charge in [0.05, 0.1) is 18.0 Å². The number of hydrogen-bond donors (Lipinski definition) is 3. The lowest BCUT2D eigenvalue weighted by atomic mass is 10.2. The molecule has 0 radical (unpaired) electrons. The molecule has 0 amide bonds. The summed E-state index contributed by atoms with van der Waals surface area (Å²) in [6.07, 6.45) is 0. The van der Waals surface area contributed by atoms with Crippen molar-refractivity contribution in [1.82, 2.24) is 15.1 Å². The molecule has 0 aliphatic carbocycles. The molecular formula is C12H13N3O2. The van der Waals surface area contributed by atoms with Crippen LogP contribution in [0.5, 0.6) is 5.75 Å². The van der Waals surface area contributed by atoms with Crippen LogP contribution in [0.4, 0.5) is 0 Å². The number of aliphatic hydroxyl groups excluding tert-OH is 1. The zero-order chi connectivity index (χ0) is 11.8. The van der Waals surface area contributed by atoms with Crippen LogP contribution < -0.4 is 5.32 Å². The highest BCUT2D eigenvalue weighted by atomic mass is 16.3. The van der Waals surface area contributed by atoms with Gasteiger partial charge in [0, 0.05) is 18.7 Å². The molecule has 0 fully saturated rings. The van der Waals surface area contributed by atoms with Crippen LogP contribution in [-0.2, 0) is 19.7 Å². The number of aromatic hydroxyl groups is 1. The molecule has 0 saturated heterocycles. The minimum Gasteiger partial charge on any atom is -0.506 e. The monoisotopic (exact) mass is 231 g/mol. The molecule has 1 aliphatic heterocycles. The zero-order valence-corrected chi connectivity index (χ0v) is 9.22. The van der Waals surface area contributed by atoms with E-state index in [2.05, 4.69) is 10.4 Å². The molecule has 0 atom stereocenters. The van der Waals surface area contributed by atoms with Gasteiger partial charge in [-0.05, 0) is 12.1 Å². The van der Waals surface area contributed by atoms with E-state index in [4.69, 9.17) is 0 Å². The van der Waals surface area contributed by atoms with Crippen LogP contribution in [0, 0.1) is 0 Å². The van der Waals surface area contributed by atoms with E-state index in [9.17, 15) is 10.2 Å². The summed E-state index contributed by atoms with van der Waals surface area (Å²) in [5.41, 5.74) is 3.32. The van der Waals surface area contributed by atoms with Gasteiger partial charge in [-0.2, -0.15) is 5.10 Å². The van der Waals surface area contributed by atoms with E-state index in [0.717, 1.165) is 23.5 Å². The van der Waals surface area contributed by atoms with Crippen LogP contribution >= 0.6 is 0 Å². The summed E-state index contributed by atoms with van der Waals surface area (Å²) < 4.78 is 1.63. The SMILES string of the molecule is OCc1c2c(nn1-c1ccccc1O)CNC2. The summed E-state index contributed by atoms with van der Waals surface area (Å²) in [4.78, 5) is 0. The Hall–Kier alpha value is -1.85. The highest BCUT2D eigenvalue weighted by Crippen LogP contribution is 2.27. The number of fused-ring (bicyclic) bond motifs is 1. The number of para-hydroxylation sites is 2. The third-order valence-electron chi connectivity index (χ3n) is 3.03. The Labute approximate surface area is 98.3 Å². The maximum atomic E-state index is 9.82. The fourth-order valence-electron chi connectivity index (χ4n) is 2.19. The molecule has 0 saturated carbocycles. The number of hydrogen-bond acceptors (Lipinski definition) is 4. The smallest absolute Gasteiger partial charge is 0.141 e. The van der Waals surface area contributed by atoms with Crippen molar-refractivity contribution in [3.05, 3.63) is 41.2 Å². The van der Waals surface area contributed by atoms with Crippen LogP contribution in [0.2, 0.25) is 0 Å². The van der Waals surface area contributed by atoms with Crippen molar-refractivity contribution < 1.29 is 10.2 Å². The second-order valence-electron chi connectivity index (χ2n) is 4.03. The number of aromatic nitrogens is 2. The first kappa shape index (κ1) is 10.3. The number of nitrogens with zero attached hydrogens (tertiary/aromatic N) is 2. The summed E-state index contributed by atoms with van der Waals surface area (Å²) in [7, 11) is 0. The van der Waals surface area contributed by atoms with Crippen molar-refractivity contribution in [2.24, 2.45) is 0 Å². The summed E-state index contributed by atoms with van der Waals surface area (Å²) in [6, 6.07) is 6.99. The third kappa shape index (κ3) is 1.51. The maximum Gasteiger partial charge on any atom is 0.141 e. The highest BCUT2D eigenvalue weighted by Gasteiger charge is 2.22. The van der Waals surface area contributed by atoms with Crippen LogP contribution in [0.15, 0.2) is 24.3 Å². The first-order valence-corrected chi connectivity index (χ1v) is 5.51. The van der Waals surface area contributed by atoms with Gasteiger partial charge in [-0.1, -0.05) is 12.1 Å². The van der Waals surface area contributed by atoms with Crippen LogP contribution in [0.3, 0.4) is 0 Å². The lowest BCUT2D eigenvalue weighted by molar-refractivity contribution is 0.271. The lowest BCUT2D eigenvalue weighted by Gasteiger charge is -2.08. The van der Waals surface area contributed by atoms with Crippen molar-refractivity contribution in [1.29, 1.82) is 0 Å². The highest BCUT2D eigenvalue weighted by molar-refractivity contribution is 5.47. The fourth-order valence-corrected chi connectivity index (χ4v) is 2.19. The molecule has 1 aliphatic rings. The molecule has 0 bridgehead atoms. The Morgan fingerprint density at radius 2 is 2.12 bits per heavy atom. The fraction of sp³-hybridized carbons (Fsp3) is 0.250. The molecule has 2 heterocycles. The van der Waals surface area contributed by atoms with Gasteiger partial charge in [0.2, 0.25) is 0 Å². The van der Waals surface area contributed by atoms with Gasteiger partial charge < -0.3 is 15.5 Å². The Morgan fingerprint density at radius 1 is 1.29 bits per heavy atom. The van der Waals surface area contributed by atoms with Gasteiger partial charge in [-0.3, -0.25) is 0 Å². The average molecular weight is 231 g/mol. The van der Waals surface area contributed by atoms with Gasteiger partial charge in [0.1, 0.15) is 11.4 Å². The standard InChI is InChI=1S/C12H13N3O2/c16-7-11-8-5-13-6-9(8)14-15(11)10-3-1-2-4-12(10)17/h1-4,13,16-17H,5-7H2. The van der Waals surface area contributed by atoms with Gasteiger partial charge in [0.25, 0.3) is 0 Å². The van der Waals surface area contributed by atoms with E-state index in [-0.39, 0.29) is 12.4 Å². The molecule has 0 unspecified atom stereocenters. The molecule has 2 aromatic rings. The van der Waals surface area contributed by atoms with E-state index in [1.165, 1.54) is 0 Å². The second-order valence-corrected chi connectivity index (χ2v) is 4.03. The van der Waals surface area contributed by atoms with E-state index in [1.807, 2.05) is 6.07 Å². The van der Waals surface area contributed by atoms with E-state index >= 15 is 0 Å². The Bertz CT molecular complexity index is 563. The molecule has 5 nitrogen and oxygen atoms in total. The van der Waals surface area contributed by atoms with Crippen molar-refractivity contribution >= 4 is 0 Å². The predicted octanol–water partition coefficient (Wildman–Crippen LogP) is 0.673. The van der Waals surface area contributed by atoms with E-state index in [1.54, 1.807) is 22.9 Å². The van der Waals surface area contributed by atoms with Gasteiger partial charge in [0.15, 0.2) is 0 Å². The first-order chi connectivity index (χ1) is 8.31. The Kier molecular flexibility index (Phi) is 2.35. The van der Waals surface area contributed by atoms with Gasteiger partial charge >= 0.3 is 0 Å². The number of phenolic OH excluding ortho intramolecular Hbond substituents is 1. The maximum absolute atomic E-state index is 9.82. The Balaban J connectivity index is 2.19. The largest absolute Gasteiger partial charge is 0.506 e. The molecule has 3 rings (SSSR count). The van der Waals surface area contributed by atoms with E-state index in [0.29, 0.717) is 12.2 Å². The first-order valence-electron chi connectivity index (χ1n) is 5.51. The quantitative estimate of drug-likeness (QED) is 0.710. The second kappa shape index (κ2) is 3.87. The van der Waals surface area contributed by atoms with Crippen LogP contribution in [0.25, 0.3) is 5.69 Å². The summed E-state index contributed by atoms with van der Waals surface area (Å²) >= 11 is 0. The Morgan fingerprint density at radius 3 is 2.88 bits per heavy atom. The summed E-state index contributed by atoms with van der Waals surface area (Å²) in [5.74, 6) is 0.163. The van der Waals surface area contributed by atoms with Crippen molar-refractivity contribution in [2.75, 3.05) is 0 Å². The number of nitrogens with one attached hydrogen (secondary N) is 1. The van der Waals surface area contributed by atoms with Crippen molar-refractivity contribution in [3.8, 4) is 11.4 Å². The minimum atomic E-state index is -0.0850. The topological polar surface area (TPSA) is 70.3 Å². The predicted molar refractivity (Wildman–Crippen MR) is 61.7 cm³/mol. The van der Waals surface area contributed by atoms with Gasteiger partial charge in [-0.15, -0.1) is 0 Å². The van der Waals surface area contributed by atoms with Crippen LogP contribution in [0.1, 0.15) is 17.0 Å². The zero-order valence-electron chi connectivity index (χ0n) is 9.22. The molecular weight excluding hydrogens is 218 g/mol. The van der Waals surface area contributed by atoms with E-state index < -0.39 is 0 Å². The third-order valence-corrected chi connectivity index (χ3v) is 3.03. The van der Waals surface area contributed by atoms with Crippen molar-refractivity contribution in [2.45, 2.75) is 19.7 Å². The number of benzene rings is 1.